The van der Waals surface area contributed by atoms with Crippen LogP contribution in [0.15, 0.2) is 0 Å². The van der Waals surface area contributed by atoms with Gasteiger partial charge in [0.05, 0.1) is 12.1 Å². The Morgan fingerprint density at radius 2 is 1.67 bits per heavy atom. The molecular weight excluding hydrogens is 226 g/mol. The fourth-order valence-corrected chi connectivity index (χ4v) is 2.07. The maximum absolute atomic E-state index is 8.69. The van der Waals surface area contributed by atoms with Gasteiger partial charge >= 0.3 is 0 Å². The summed E-state index contributed by atoms with van der Waals surface area (Å²) in [5.41, 5.74) is 11.3. The highest BCUT2D eigenvalue weighted by molar-refractivity contribution is 4.82. The minimum Gasteiger partial charge on any atom is -0.330 e. The number of hydrogen-bond donors (Lipinski definition) is 2. The van der Waals surface area contributed by atoms with Gasteiger partial charge in [-0.25, -0.2) is 0 Å². The minimum absolute atomic E-state index is 0.329. The van der Waals surface area contributed by atoms with Gasteiger partial charge in [-0.2, -0.15) is 10.5 Å². The Balaban J connectivity index is 4.51. The smallest absolute Gasteiger partial charge is 0.0635 e. The lowest BCUT2D eigenvalue weighted by Crippen LogP contribution is -2.40. The van der Waals surface area contributed by atoms with E-state index < -0.39 is 0 Å². The van der Waals surface area contributed by atoms with E-state index in [-0.39, 0.29) is 0 Å². The fourth-order valence-electron chi connectivity index (χ4n) is 2.07. The maximum atomic E-state index is 8.69. The monoisotopic (exact) mass is 251 g/mol. The summed E-state index contributed by atoms with van der Waals surface area (Å²) in [5.74, 6) is 0.438. The highest BCUT2D eigenvalue weighted by Crippen LogP contribution is 2.15. The van der Waals surface area contributed by atoms with Crippen LogP contribution < -0.4 is 11.5 Å². The molecule has 0 aromatic heterocycles. The second kappa shape index (κ2) is 11.0. The van der Waals surface area contributed by atoms with Crippen LogP contribution in [0.2, 0.25) is 0 Å². The molecule has 0 bridgehead atoms. The van der Waals surface area contributed by atoms with E-state index in [2.05, 4.69) is 24.0 Å². The quantitative estimate of drug-likeness (QED) is 0.598. The van der Waals surface area contributed by atoms with Crippen LogP contribution >= 0.6 is 0 Å². The fraction of sp³-hybridized carbons (Fsp3) is 0.846. The molecule has 2 unspecified atom stereocenters. The van der Waals surface area contributed by atoms with Crippen LogP contribution in [0, 0.1) is 28.6 Å². The zero-order valence-electron chi connectivity index (χ0n) is 11.3. The number of nitrogens with zero attached hydrogens (tertiary/aromatic N) is 3. The van der Waals surface area contributed by atoms with Crippen molar-refractivity contribution < 1.29 is 0 Å². The second-order valence-corrected chi connectivity index (χ2v) is 4.66. The summed E-state index contributed by atoms with van der Waals surface area (Å²) in [7, 11) is 0. The Labute approximate surface area is 110 Å². The summed E-state index contributed by atoms with van der Waals surface area (Å²) in [6.45, 7) is 4.82. The molecule has 0 aromatic rings. The highest BCUT2D eigenvalue weighted by atomic mass is 15.1. The third-order valence-electron chi connectivity index (χ3n) is 3.11. The molecule has 0 amide bonds. The number of nitriles is 2. The van der Waals surface area contributed by atoms with Crippen molar-refractivity contribution in [1.82, 2.24) is 4.90 Å². The van der Waals surface area contributed by atoms with E-state index in [1.807, 2.05) is 0 Å². The standard InChI is InChI=1S/C13H25N5/c1-12(11-17)10-13(4-7-16)18(8-2-5-14)9-3-6-15/h12-13H,2-4,7-11,16-17H2,1H3. The highest BCUT2D eigenvalue weighted by Gasteiger charge is 2.19. The van der Waals surface area contributed by atoms with Crippen LogP contribution in [-0.2, 0) is 0 Å². The Bertz CT molecular complexity index is 260. The third kappa shape index (κ3) is 7.24. The van der Waals surface area contributed by atoms with Gasteiger partial charge in [0.2, 0.25) is 0 Å². The number of rotatable bonds is 10. The molecule has 18 heavy (non-hydrogen) atoms. The molecule has 0 fully saturated rings. The largest absolute Gasteiger partial charge is 0.330 e. The Morgan fingerprint density at radius 3 is 2.06 bits per heavy atom. The predicted molar refractivity (Wildman–Crippen MR) is 72.3 cm³/mol. The van der Waals surface area contributed by atoms with Gasteiger partial charge in [-0.15, -0.1) is 0 Å². The van der Waals surface area contributed by atoms with E-state index in [0.717, 1.165) is 12.8 Å². The molecule has 0 saturated carbocycles. The van der Waals surface area contributed by atoms with Gasteiger partial charge in [0.25, 0.3) is 0 Å². The van der Waals surface area contributed by atoms with E-state index in [4.69, 9.17) is 22.0 Å². The molecule has 0 aliphatic heterocycles. The van der Waals surface area contributed by atoms with E-state index in [0.29, 0.717) is 51.0 Å². The van der Waals surface area contributed by atoms with Gasteiger partial charge in [0.1, 0.15) is 0 Å². The van der Waals surface area contributed by atoms with Crippen molar-refractivity contribution in [3.8, 4) is 12.1 Å². The van der Waals surface area contributed by atoms with E-state index in [1.165, 1.54) is 0 Å². The number of hydrogen-bond acceptors (Lipinski definition) is 5. The summed E-state index contributed by atoms with van der Waals surface area (Å²) in [4.78, 5) is 2.21. The molecular formula is C13H25N5. The first-order valence-electron chi connectivity index (χ1n) is 6.57. The van der Waals surface area contributed by atoms with Crippen LogP contribution in [-0.4, -0.2) is 37.1 Å². The van der Waals surface area contributed by atoms with Crippen molar-refractivity contribution in [2.75, 3.05) is 26.2 Å². The molecule has 4 N–H and O–H groups in total. The lowest BCUT2D eigenvalue weighted by molar-refractivity contribution is 0.171. The molecule has 5 nitrogen and oxygen atoms in total. The summed E-state index contributed by atoms with van der Waals surface area (Å²) in [6, 6.07) is 4.65. The molecule has 0 rings (SSSR count). The molecule has 0 aromatic carbocycles. The molecule has 0 radical (unpaired) electrons. The van der Waals surface area contributed by atoms with E-state index >= 15 is 0 Å². The second-order valence-electron chi connectivity index (χ2n) is 4.66. The van der Waals surface area contributed by atoms with E-state index in [1.54, 1.807) is 0 Å². The summed E-state index contributed by atoms with van der Waals surface area (Å²) < 4.78 is 0. The topological polar surface area (TPSA) is 103 Å². The zero-order valence-corrected chi connectivity index (χ0v) is 11.3. The van der Waals surface area contributed by atoms with Crippen molar-refractivity contribution in [1.29, 1.82) is 10.5 Å². The Kier molecular flexibility index (Phi) is 10.3. The average Bonchev–Trinajstić information content (AvgIpc) is 2.38. The molecule has 0 spiro atoms. The molecule has 0 saturated heterocycles. The van der Waals surface area contributed by atoms with Crippen LogP contribution in [0.25, 0.3) is 0 Å². The van der Waals surface area contributed by atoms with Crippen molar-refractivity contribution in [2.45, 2.75) is 38.6 Å². The first kappa shape index (κ1) is 16.9. The third-order valence-corrected chi connectivity index (χ3v) is 3.11. The predicted octanol–water partition coefficient (Wildman–Crippen LogP) is 0.818. The van der Waals surface area contributed by atoms with Crippen molar-refractivity contribution >= 4 is 0 Å². The van der Waals surface area contributed by atoms with Gasteiger partial charge in [-0.3, -0.25) is 4.90 Å². The summed E-state index contributed by atoms with van der Waals surface area (Å²) in [6.07, 6.45) is 2.85. The van der Waals surface area contributed by atoms with Gasteiger partial charge in [0.15, 0.2) is 0 Å². The zero-order chi connectivity index (χ0) is 13.8. The van der Waals surface area contributed by atoms with Crippen LogP contribution in [0.1, 0.15) is 32.6 Å². The molecule has 5 heteroatoms. The van der Waals surface area contributed by atoms with Gasteiger partial charge in [0, 0.05) is 32.0 Å². The molecule has 0 heterocycles. The first-order chi connectivity index (χ1) is 8.69. The van der Waals surface area contributed by atoms with Gasteiger partial charge in [-0.1, -0.05) is 6.92 Å². The van der Waals surface area contributed by atoms with E-state index in [9.17, 15) is 0 Å². The summed E-state index contributed by atoms with van der Waals surface area (Å²) >= 11 is 0. The van der Waals surface area contributed by atoms with Crippen molar-refractivity contribution in [2.24, 2.45) is 17.4 Å². The Morgan fingerprint density at radius 1 is 1.11 bits per heavy atom. The molecule has 102 valence electrons. The van der Waals surface area contributed by atoms with Crippen LogP contribution in [0.3, 0.4) is 0 Å². The molecule has 0 aliphatic rings. The number of nitrogens with two attached hydrogens (primary N) is 2. The molecule has 0 aliphatic carbocycles. The van der Waals surface area contributed by atoms with Crippen molar-refractivity contribution in [3.05, 3.63) is 0 Å². The van der Waals surface area contributed by atoms with Gasteiger partial charge in [-0.05, 0) is 31.8 Å². The average molecular weight is 251 g/mol. The van der Waals surface area contributed by atoms with Crippen LogP contribution in [0.4, 0.5) is 0 Å². The normalized spacial score (nSPS) is 13.9. The van der Waals surface area contributed by atoms with Crippen LogP contribution in [0.5, 0.6) is 0 Å². The maximum Gasteiger partial charge on any atom is 0.0635 e. The minimum atomic E-state index is 0.329. The summed E-state index contributed by atoms with van der Waals surface area (Å²) in [5, 5.41) is 17.4. The Hall–Kier alpha value is -1.14. The first-order valence-corrected chi connectivity index (χ1v) is 6.57. The lowest BCUT2D eigenvalue weighted by atomic mass is 9.97. The SMILES string of the molecule is CC(CN)CC(CCN)N(CCC#N)CCC#N. The molecule has 2 atom stereocenters. The lowest BCUT2D eigenvalue weighted by Gasteiger charge is -2.32. The van der Waals surface area contributed by atoms with Crippen molar-refractivity contribution in [3.63, 3.8) is 0 Å². The van der Waals surface area contributed by atoms with Gasteiger partial charge < -0.3 is 11.5 Å².